The average Bonchev–Trinajstić information content (AvgIpc) is 3.35. The SMILES string of the molecule is Cn1nc(OCC(F)(F)OC(F)(F)C(F)(F)OC(F)(F)F)c(C(F)(F)F)c1-n1cc(-c2ccc(Cl)c(C(=O)NC3(C#N)CC3)c2)cn1. The summed E-state index contributed by atoms with van der Waals surface area (Å²) >= 11 is 6.10. The lowest BCUT2D eigenvalue weighted by molar-refractivity contribution is -0.529. The number of hydrogen-bond acceptors (Lipinski definition) is 7. The normalized spacial score (nSPS) is 15.3. The number of hydrogen-bond donors (Lipinski definition) is 1. The second-order valence-corrected chi connectivity index (χ2v) is 10.2. The molecule has 0 atom stereocenters. The van der Waals surface area contributed by atoms with Gasteiger partial charge in [-0.3, -0.25) is 4.79 Å². The minimum Gasteiger partial charge on any atom is -0.467 e. The molecule has 0 saturated heterocycles. The fraction of sp³-hybridized carbons (Fsp3) is 0.417. The number of benzene rings is 1. The van der Waals surface area contributed by atoms with Crippen molar-refractivity contribution in [2.75, 3.05) is 6.61 Å². The Balaban J connectivity index is 1.60. The van der Waals surface area contributed by atoms with Gasteiger partial charge in [0, 0.05) is 18.8 Å². The van der Waals surface area contributed by atoms with Gasteiger partial charge in [0.25, 0.3) is 5.91 Å². The first kappa shape index (κ1) is 35.6. The van der Waals surface area contributed by atoms with E-state index in [0.717, 1.165) is 19.4 Å². The fourth-order valence-corrected chi connectivity index (χ4v) is 4.08. The van der Waals surface area contributed by atoms with Crippen LogP contribution in [0, 0.1) is 11.3 Å². The highest BCUT2D eigenvalue weighted by Gasteiger charge is 2.68. The molecule has 23 heteroatoms. The van der Waals surface area contributed by atoms with Crippen LogP contribution >= 0.6 is 11.6 Å². The van der Waals surface area contributed by atoms with E-state index in [-0.39, 0.29) is 21.7 Å². The summed E-state index contributed by atoms with van der Waals surface area (Å²) < 4.78 is 169. The zero-order valence-electron chi connectivity index (χ0n) is 22.8. The third kappa shape index (κ3) is 7.84. The molecular formula is C24H15ClF12N6O4. The van der Waals surface area contributed by atoms with E-state index in [2.05, 4.69) is 25.0 Å². The average molecular weight is 715 g/mol. The zero-order valence-corrected chi connectivity index (χ0v) is 23.5. The molecule has 1 aromatic carbocycles. The first-order valence-corrected chi connectivity index (χ1v) is 12.7. The van der Waals surface area contributed by atoms with E-state index in [4.69, 9.17) is 11.6 Å². The highest BCUT2D eigenvalue weighted by atomic mass is 35.5. The third-order valence-electron chi connectivity index (χ3n) is 6.17. The summed E-state index contributed by atoms with van der Waals surface area (Å²) in [5.74, 6) is -3.44. The molecule has 0 bridgehead atoms. The van der Waals surface area contributed by atoms with Crippen molar-refractivity contribution in [3.63, 3.8) is 0 Å². The van der Waals surface area contributed by atoms with Crippen LogP contribution in [0.3, 0.4) is 0 Å². The second-order valence-electron chi connectivity index (χ2n) is 9.75. The number of rotatable bonds is 11. The molecule has 1 aliphatic carbocycles. The smallest absolute Gasteiger partial charge is 0.467 e. The van der Waals surface area contributed by atoms with Crippen LogP contribution in [0.1, 0.15) is 28.8 Å². The molecule has 0 aliphatic heterocycles. The van der Waals surface area contributed by atoms with Gasteiger partial charge >= 0.3 is 30.9 Å². The Hall–Kier alpha value is -4.23. The summed E-state index contributed by atoms with van der Waals surface area (Å²) in [4.78, 5) is 12.7. The lowest BCUT2D eigenvalue weighted by atomic mass is 10.1. The van der Waals surface area contributed by atoms with Gasteiger partial charge in [-0.15, -0.1) is 18.3 Å². The molecule has 2 aromatic heterocycles. The highest BCUT2D eigenvalue weighted by Crippen LogP contribution is 2.45. The number of nitrogens with one attached hydrogen (secondary N) is 1. The minimum atomic E-state index is -6.69. The van der Waals surface area contributed by atoms with Crippen molar-refractivity contribution in [3.8, 4) is 28.9 Å². The predicted octanol–water partition coefficient (Wildman–Crippen LogP) is 6.44. The van der Waals surface area contributed by atoms with Crippen molar-refractivity contribution in [2.24, 2.45) is 7.05 Å². The number of nitrogens with zero attached hydrogens (tertiary/aromatic N) is 5. The Morgan fingerprint density at radius 2 is 1.64 bits per heavy atom. The second kappa shape index (κ2) is 11.8. The lowest BCUT2D eigenvalue weighted by Gasteiger charge is -2.29. The number of aryl methyl sites for hydroxylation is 1. The van der Waals surface area contributed by atoms with Gasteiger partial charge in [0.05, 0.1) is 22.9 Å². The molecule has 4 rings (SSSR count). The van der Waals surface area contributed by atoms with Gasteiger partial charge in [-0.05, 0) is 30.5 Å². The monoisotopic (exact) mass is 714 g/mol. The van der Waals surface area contributed by atoms with E-state index in [1.54, 1.807) is 0 Å². The molecule has 1 amide bonds. The maximum absolute atomic E-state index is 14.1. The molecule has 1 aliphatic rings. The van der Waals surface area contributed by atoms with Gasteiger partial charge in [-0.1, -0.05) is 17.7 Å². The molecule has 2 heterocycles. The number of amides is 1. The lowest BCUT2D eigenvalue weighted by Crippen LogP contribution is -2.52. The van der Waals surface area contributed by atoms with E-state index in [9.17, 15) is 62.7 Å². The van der Waals surface area contributed by atoms with Gasteiger partial charge in [0.1, 0.15) is 5.54 Å². The van der Waals surface area contributed by atoms with E-state index in [0.29, 0.717) is 22.2 Å². The zero-order chi connectivity index (χ0) is 35.4. The summed E-state index contributed by atoms with van der Waals surface area (Å²) in [5.41, 5.74) is -2.83. The van der Waals surface area contributed by atoms with Gasteiger partial charge in [0.15, 0.2) is 18.0 Å². The number of carbonyl (C=O) groups excluding carboxylic acids is 1. The van der Waals surface area contributed by atoms with Crippen molar-refractivity contribution in [1.82, 2.24) is 24.9 Å². The summed E-state index contributed by atoms with van der Waals surface area (Å²) in [6, 6.07) is 5.84. The predicted molar refractivity (Wildman–Crippen MR) is 129 cm³/mol. The molecule has 1 saturated carbocycles. The van der Waals surface area contributed by atoms with Gasteiger partial charge in [-0.25, -0.2) is 18.8 Å². The summed E-state index contributed by atoms with van der Waals surface area (Å²) in [7, 11) is 0.851. The molecule has 3 aromatic rings. The maximum Gasteiger partial charge on any atom is 0.527 e. The Labute approximate surface area is 258 Å². The standard InChI is InChI=1S/C24H15ClF12N6O4/c1-42-18(43-8-12(7-39-43)11-2-3-14(25)13(6-11)16(44)40-19(9-38)4-5-19)15(21(28,29)30)17(41-42)45-10-20(26,27)46-22(31,32)23(33,34)47-24(35,36)37/h2-3,6-8H,4-5,10H2,1H3,(H,40,44). The molecule has 1 N–H and O–H groups in total. The van der Waals surface area contributed by atoms with Crippen LogP contribution < -0.4 is 10.1 Å². The Kier molecular flexibility index (Phi) is 8.93. The van der Waals surface area contributed by atoms with Crippen LogP contribution in [0.2, 0.25) is 5.02 Å². The summed E-state index contributed by atoms with van der Waals surface area (Å²) in [6.45, 7) is -2.67. The van der Waals surface area contributed by atoms with Crippen molar-refractivity contribution >= 4 is 17.5 Å². The Morgan fingerprint density at radius 1 is 1.02 bits per heavy atom. The van der Waals surface area contributed by atoms with Crippen molar-refractivity contribution in [1.29, 1.82) is 5.26 Å². The molecule has 47 heavy (non-hydrogen) atoms. The van der Waals surface area contributed by atoms with E-state index in [1.807, 2.05) is 10.8 Å². The van der Waals surface area contributed by atoms with Gasteiger partial charge in [-0.2, -0.15) is 49.9 Å². The molecule has 1 fully saturated rings. The number of halogens is 13. The van der Waals surface area contributed by atoms with E-state index >= 15 is 0 Å². The molecular weight excluding hydrogens is 700 g/mol. The van der Waals surface area contributed by atoms with Crippen molar-refractivity contribution in [2.45, 2.75) is 49.2 Å². The number of ether oxygens (including phenoxy) is 3. The van der Waals surface area contributed by atoms with Crippen LogP contribution in [0.5, 0.6) is 5.88 Å². The number of carbonyl (C=O) groups is 1. The number of alkyl halides is 12. The Morgan fingerprint density at radius 3 is 2.19 bits per heavy atom. The summed E-state index contributed by atoms with van der Waals surface area (Å²) in [5, 5.41) is 18.7. The quantitative estimate of drug-likeness (QED) is 0.227. The molecule has 0 radical (unpaired) electrons. The Bertz CT molecular complexity index is 1710. The fourth-order valence-electron chi connectivity index (χ4n) is 3.88. The molecule has 10 nitrogen and oxygen atoms in total. The van der Waals surface area contributed by atoms with Crippen LogP contribution in [0.15, 0.2) is 30.6 Å². The van der Waals surface area contributed by atoms with Crippen LogP contribution in [-0.4, -0.2) is 62.3 Å². The first-order chi connectivity index (χ1) is 21.4. The molecule has 0 unspecified atom stereocenters. The van der Waals surface area contributed by atoms with E-state index in [1.165, 1.54) is 18.2 Å². The van der Waals surface area contributed by atoms with Crippen molar-refractivity contribution in [3.05, 3.63) is 46.7 Å². The maximum atomic E-state index is 14.1. The minimum absolute atomic E-state index is 0.0321. The molecule has 0 spiro atoms. The molecule has 256 valence electrons. The largest absolute Gasteiger partial charge is 0.527 e. The third-order valence-corrected chi connectivity index (χ3v) is 6.50. The summed E-state index contributed by atoms with van der Waals surface area (Å²) in [6.07, 6.45) is -28.1. The highest BCUT2D eigenvalue weighted by molar-refractivity contribution is 6.34. The van der Waals surface area contributed by atoms with Gasteiger partial charge < -0.3 is 10.1 Å². The van der Waals surface area contributed by atoms with Crippen LogP contribution in [0.25, 0.3) is 16.9 Å². The van der Waals surface area contributed by atoms with Crippen LogP contribution in [0.4, 0.5) is 52.7 Å². The van der Waals surface area contributed by atoms with Crippen LogP contribution in [-0.2, 0) is 22.7 Å². The van der Waals surface area contributed by atoms with Crippen molar-refractivity contribution < 1.29 is 71.7 Å². The number of aromatic nitrogens is 4. The topological polar surface area (TPSA) is 116 Å². The number of nitriles is 1. The van der Waals surface area contributed by atoms with E-state index < -0.39 is 66.2 Å². The first-order valence-electron chi connectivity index (χ1n) is 12.4. The van der Waals surface area contributed by atoms with Gasteiger partial charge in [0.2, 0.25) is 5.88 Å².